The predicted octanol–water partition coefficient (Wildman–Crippen LogP) is 2.46. The van der Waals surface area contributed by atoms with Crippen molar-refractivity contribution in [3.05, 3.63) is 47.2 Å². The summed E-state index contributed by atoms with van der Waals surface area (Å²) in [6.45, 7) is 4.60. The van der Waals surface area contributed by atoms with Crippen LogP contribution in [0.15, 0.2) is 36.5 Å². The molecule has 0 radical (unpaired) electrons. The molecule has 2 aromatic heterocycles. The minimum absolute atomic E-state index is 0.101. The molecule has 1 fully saturated rings. The summed E-state index contributed by atoms with van der Waals surface area (Å²) in [4.78, 5) is 31.9. The highest BCUT2D eigenvalue weighted by molar-refractivity contribution is 7.70. The molecule has 1 aliphatic rings. The number of aliphatic hydroxyl groups excluding tert-OH is 2. The molecule has 1 aliphatic heterocycles. The van der Waals surface area contributed by atoms with Gasteiger partial charge in [-0.1, -0.05) is 35.9 Å². The number of halogens is 1. The van der Waals surface area contributed by atoms with Crippen LogP contribution in [0.4, 0.5) is 5.69 Å². The molecule has 3 heterocycles. The summed E-state index contributed by atoms with van der Waals surface area (Å²) in [5.74, 6) is -1.41. The first-order valence-corrected chi connectivity index (χ1v) is 18.5. The molecule has 1 unspecified atom stereocenters. The molecular formula is C22H30ClN4O10P3. The van der Waals surface area contributed by atoms with Crippen molar-refractivity contribution in [2.75, 3.05) is 31.2 Å². The number of aromatic nitrogens is 3. The van der Waals surface area contributed by atoms with E-state index in [0.29, 0.717) is 11.1 Å². The second kappa shape index (κ2) is 11.6. The Morgan fingerprint density at radius 2 is 1.77 bits per heavy atom. The van der Waals surface area contributed by atoms with Gasteiger partial charge < -0.3 is 44.0 Å². The number of nitrogens with zero attached hydrogens (tertiary/aromatic N) is 3. The molecule has 220 valence electrons. The fraction of sp³-hybridized carbons (Fsp3) is 0.455. The van der Waals surface area contributed by atoms with E-state index in [4.69, 9.17) is 30.6 Å². The number of aliphatic hydroxyl groups is 2. The molecule has 18 heteroatoms. The highest BCUT2D eigenvalue weighted by Gasteiger charge is 2.46. The first-order valence-electron chi connectivity index (χ1n) is 11.9. The summed E-state index contributed by atoms with van der Waals surface area (Å²) < 4.78 is 47.0. The summed E-state index contributed by atoms with van der Waals surface area (Å²) in [5, 5.41) is 30.1. The van der Waals surface area contributed by atoms with Crippen molar-refractivity contribution >= 4 is 56.0 Å². The van der Waals surface area contributed by atoms with Crippen molar-refractivity contribution in [2.45, 2.75) is 37.5 Å². The molecule has 0 aliphatic carbocycles. The van der Waals surface area contributed by atoms with Crippen molar-refractivity contribution in [3.8, 4) is 0 Å². The minimum atomic E-state index is -4.85. The smallest absolute Gasteiger partial charge is 0.340 e. The van der Waals surface area contributed by atoms with Gasteiger partial charge in [0, 0.05) is 11.3 Å². The maximum atomic E-state index is 12.3. The number of nitrogens with one attached hydrogen (secondary N) is 1. The van der Waals surface area contributed by atoms with Crippen molar-refractivity contribution in [1.29, 1.82) is 0 Å². The van der Waals surface area contributed by atoms with Crippen LogP contribution in [-0.4, -0.2) is 83.8 Å². The SMILES string of the molecule is C[C@H](Nc1cc(Cl)nc2c1cnn2[C@@H]1O[C@H](COP(=O)(O)CP(=O)(O)O)[C@@H](O)[C@H]1O)c1ccc(P(C)(C)=O)cc1. The Morgan fingerprint density at radius 1 is 1.12 bits per heavy atom. The van der Waals surface area contributed by atoms with E-state index >= 15 is 0 Å². The lowest BCUT2D eigenvalue weighted by molar-refractivity contribution is -0.0541. The quantitative estimate of drug-likeness (QED) is 0.139. The second-order valence-electron chi connectivity index (χ2n) is 9.91. The summed E-state index contributed by atoms with van der Waals surface area (Å²) >= 11 is 6.29. The molecule has 3 aromatic rings. The Bertz CT molecular complexity index is 1530. The Morgan fingerprint density at radius 3 is 2.38 bits per heavy atom. The van der Waals surface area contributed by atoms with Gasteiger partial charge >= 0.3 is 15.2 Å². The Labute approximate surface area is 234 Å². The molecule has 0 spiro atoms. The molecule has 4 rings (SSSR count). The van der Waals surface area contributed by atoms with Crippen LogP contribution in [0.25, 0.3) is 11.0 Å². The van der Waals surface area contributed by atoms with Crippen molar-refractivity contribution in [2.24, 2.45) is 0 Å². The molecule has 1 saturated heterocycles. The fourth-order valence-corrected chi connectivity index (χ4v) is 7.89. The van der Waals surface area contributed by atoms with E-state index in [1.165, 1.54) is 10.9 Å². The van der Waals surface area contributed by atoms with Crippen molar-refractivity contribution < 1.29 is 47.8 Å². The van der Waals surface area contributed by atoms with Gasteiger partial charge in [-0.3, -0.25) is 9.13 Å². The zero-order valence-corrected chi connectivity index (χ0v) is 25.0. The van der Waals surface area contributed by atoms with Gasteiger partial charge in [-0.15, -0.1) is 0 Å². The molecular weight excluding hydrogens is 609 g/mol. The van der Waals surface area contributed by atoms with Crippen molar-refractivity contribution in [1.82, 2.24) is 14.8 Å². The maximum absolute atomic E-state index is 12.3. The van der Waals surface area contributed by atoms with Gasteiger partial charge in [0.05, 0.1) is 23.9 Å². The fourth-order valence-electron chi connectivity index (χ4n) is 4.26. The van der Waals surface area contributed by atoms with Crippen LogP contribution >= 0.6 is 33.9 Å². The largest absolute Gasteiger partial charge is 0.387 e. The van der Waals surface area contributed by atoms with Crippen LogP contribution in [0.2, 0.25) is 5.15 Å². The number of benzene rings is 1. The van der Waals surface area contributed by atoms with Gasteiger partial charge in [0.1, 0.15) is 30.6 Å². The topological polar surface area (TPSA) is 214 Å². The van der Waals surface area contributed by atoms with Crippen LogP contribution in [0.3, 0.4) is 0 Å². The molecule has 40 heavy (non-hydrogen) atoms. The lowest BCUT2D eigenvalue weighted by Gasteiger charge is -2.19. The normalized spacial score (nSPS) is 24.2. The monoisotopic (exact) mass is 638 g/mol. The summed E-state index contributed by atoms with van der Waals surface area (Å²) in [7, 11) is -11.9. The van der Waals surface area contributed by atoms with Gasteiger partial charge in [-0.2, -0.15) is 5.10 Å². The number of hydrogen-bond acceptors (Lipinski definition) is 10. The van der Waals surface area contributed by atoms with E-state index in [1.807, 2.05) is 31.2 Å². The summed E-state index contributed by atoms with van der Waals surface area (Å²) in [6, 6.07) is 8.82. The average Bonchev–Trinajstić information content (AvgIpc) is 3.36. The summed E-state index contributed by atoms with van der Waals surface area (Å²) in [5.41, 5.74) is 1.70. The Kier molecular flexibility index (Phi) is 9.03. The van der Waals surface area contributed by atoms with Crippen LogP contribution in [-0.2, 0) is 23.0 Å². The van der Waals surface area contributed by atoms with E-state index in [1.54, 1.807) is 19.4 Å². The standard InChI is InChI=1S/C22H30ClN4O10P3/c1-12(13-4-6-14(7-5-13)38(2,3)30)25-16-8-18(23)26-21-15(16)9-24-27(21)22-20(29)19(28)17(37-22)10-36-40(34,35)11-39(31,32)33/h4-9,12,17,19-20,22,28-29H,10-11H2,1-3H3,(H,25,26)(H,34,35)(H2,31,32,33)/t12-,17+,19+,20+,22+/m0/s1. The number of pyridine rings is 1. The molecule has 0 bridgehead atoms. The third kappa shape index (κ3) is 7.21. The predicted molar refractivity (Wildman–Crippen MR) is 149 cm³/mol. The maximum Gasteiger partial charge on any atom is 0.340 e. The van der Waals surface area contributed by atoms with Crippen LogP contribution < -0.4 is 10.6 Å². The lowest BCUT2D eigenvalue weighted by Crippen LogP contribution is -2.33. The van der Waals surface area contributed by atoms with Gasteiger partial charge in [-0.05, 0) is 31.9 Å². The second-order valence-corrected chi connectivity index (χ2v) is 17.5. The van der Waals surface area contributed by atoms with E-state index in [-0.39, 0.29) is 16.8 Å². The molecule has 0 amide bonds. The summed E-state index contributed by atoms with van der Waals surface area (Å²) in [6.07, 6.45) is -4.28. The van der Waals surface area contributed by atoms with Gasteiger partial charge in [0.2, 0.25) is 0 Å². The molecule has 14 nitrogen and oxygen atoms in total. The first-order chi connectivity index (χ1) is 18.4. The Balaban J connectivity index is 1.54. The number of hydrogen-bond donors (Lipinski definition) is 6. The van der Waals surface area contributed by atoms with Crippen LogP contribution in [0, 0.1) is 0 Å². The highest BCUT2D eigenvalue weighted by Crippen LogP contribution is 2.55. The van der Waals surface area contributed by atoms with E-state index in [0.717, 1.165) is 10.9 Å². The third-order valence-electron chi connectivity index (χ3n) is 6.30. The lowest BCUT2D eigenvalue weighted by atomic mass is 10.1. The average molecular weight is 639 g/mol. The first kappa shape index (κ1) is 31.3. The number of rotatable bonds is 10. The third-order valence-corrected chi connectivity index (χ3v) is 11.5. The molecule has 0 saturated carbocycles. The molecule has 6 N–H and O–H groups in total. The van der Waals surface area contributed by atoms with E-state index < -0.39 is 59.4 Å². The van der Waals surface area contributed by atoms with E-state index in [9.17, 15) is 28.8 Å². The molecule has 1 aromatic carbocycles. The zero-order valence-electron chi connectivity index (χ0n) is 21.6. The van der Waals surface area contributed by atoms with Gasteiger partial charge in [0.15, 0.2) is 17.8 Å². The molecule has 6 atom stereocenters. The number of anilines is 1. The Hall–Kier alpha value is -1.66. The minimum Gasteiger partial charge on any atom is -0.387 e. The number of fused-ring (bicyclic) bond motifs is 1. The number of ether oxygens (including phenoxy) is 1. The van der Waals surface area contributed by atoms with E-state index in [2.05, 4.69) is 15.4 Å². The van der Waals surface area contributed by atoms with Crippen LogP contribution in [0.1, 0.15) is 24.8 Å². The zero-order chi connectivity index (χ0) is 29.6. The van der Waals surface area contributed by atoms with Gasteiger partial charge in [-0.25, -0.2) is 9.67 Å². The van der Waals surface area contributed by atoms with Crippen LogP contribution in [0.5, 0.6) is 0 Å². The van der Waals surface area contributed by atoms with Gasteiger partial charge in [0.25, 0.3) is 0 Å². The van der Waals surface area contributed by atoms with Crippen molar-refractivity contribution in [3.63, 3.8) is 0 Å². The highest BCUT2D eigenvalue weighted by atomic mass is 35.5.